The molecular formula is C20H25NO3. The van der Waals surface area contributed by atoms with Crippen LogP contribution in [-0.4, -0.2) is 30.3 Å². The van der Waals surface area contributed by atoms with Crippen LogP contribution in [0.4, 0.5) is 0 Å². The summed E-state index contributed by atoms with van der Waals surface area (Å²) in [6.07, 6.45) is 0.449. The zero-order valence-corrected chi connectivity index (χ0v) is 14.7. The molecule has 0 saturated heterocycles. The first-order valence-corrected chi connectivity index (χ1v) is 8.01. The van der Waals surface area contributed by atoms with Crippen molar-refractivity contribution in [2.75, 3.05) is 13.7 Å². The first-order chi connectivity index (χ1) is 11.3. The van der Waals surface area contributed by atoms with Gasteiger partial charge in [-0.15, -0.1) is 0 Å². The fourth-order valence-corrected chi connectivity index (χ4v) is 2.50. The molecule has 2 N–H and O–H groups in total. The maximum atomic E-state index is 12.3. The van der Waals surface area contributed by atoms with Gasteiger partial charge in [-0.3, -0.25) is 4.79 Å². The normalized spacial score (nSPS) is 13.2. The summed E-state index contributed by atoms with van der Waals surface area (Å²) in [5.41, 5.74) is 2.80. The van der Waals surface area contributed by atoms with Crippen LogP contribution in [0, 0.1) is 13.8 Å². The molecule has 4 heteroatoms. The Kier molecular flexibility index (Phi) is 5.62. The Morgan fingerprint density at radius 2 is 1.79 bits per heavy atom. The Morgan fingerprint density at radius 1 is 1.12 bits per heavy atom. The minimum absolute atomic E-state index is 0.173. The highest BCUT2D eigenvalue weighted by atomic mass is 16.5. The number of ether oxygens (including phenoxy) is 1. The molecular weight excluding hydrogens is 302 g/mol. The van der Waals surface area contributed by atoms with E-state index in [0.717, 1.165) is 22.4 Å². The Labute approximate surface area is 143 Å². The van der Waals surface area contributed by atoms with Gasteiger partial charge in [0, 0.05) is 18.5 Å². The summed E-state index contributed by atoms with van der Waals surface area (Å²) in [6, 6.07) is 13.1. The second kappa shape index (κ2) is 7.49. The molecule has 0 bridgehead atoms. The predicted octanol–water partition coefficient (Wildman–Crippen LogP) is 3.04. The van der Waals surface area contributed by atoms with Crippen molar-refractivity contribution < 1.29 is 14.6 Å². The largest absolute Gasteiger partial charge is 0.497 e. The lowest BCUT2D eigenvalue weighted by molar-refractivity contribution is 0.0552. The number of amides is 1. The highest BCUT2D eigenvalue weighted by Crippen LogP contribution is 2.17. The van der Waals surface area contributed by atoms with E-state index in [0.29, 0.717) is 12.0 Å². The number of aryl methyl sites for hydroxylation is 2. The number of methoxy groups -OCH3 is 1. The lowest BCUT2D eigenvalue weighted by Gasteiger charge is -2.24. The van der Waals surface area contributed by atoms with Crippen molar-refractivity contribution in [3.8, 4) is 5.75 Å². The number of carbonyl (C=O) groups excluding carboxylic acids is 1. The highest BCUT2D eigenvalue weighted by Gasteiger charge is 2.22. The first kappa shape index (κ1) is 18.0. The molecule has 2 rings (SSSR count). The summed E-state index contributed by atoms with van der Waals surface area (Å²) in [5.74, 6) is 0.606. The van der Waals surface area contributed by atoms with E-state index in [1.165, 1.54) is 0 Å². The molecule has 0 aliphatic carbocycles. The molecule has 0 saturated carbocycles. The first-order valence-electron chi connectivity index (χ1n) is 8.01. The molecule has 4 nitrogen and oxygen atoms in total. The van der Waals surface area contributed by atoms with Crippen molar-refractivity contribution in [2.24, 2.45) is 0 Å². The highest BCUT2D eigenvalue weighted by molar-refractivity contribution is 5.94. The van der Waals surface area contributed by atoms with Gasteiger partial charge in [0.25, 0.3) is 5.91 Å². The van der Waals surface area contributed by atoms with E-state index in [-0.39, 0.29) is 12.5 Å². The van der Waals surface area contributed by atoms with Crippen molar-refractivity contribution in [3.05, 3.63) is 64.7 Å². The maximum Gasteiger partial charge on any atom is 0.251 e. The standard InChI is InChI=1S/C20H25NO3/c1-14-5-8-17(11-15(14)2)19(22)21-13-20(3,23)12-16-6-9-18(24-4)10-7-16/h5-11,23H,12-13H2,1-4H3,(H,21,22). The molecule has 0 aliphatic rings. The van der Waals surface area contributed by atoms with Gasteiger partial charge in [0.15, 0.2) is 0 Å². The molecule has 24 heavy (non-hydrogen) atoms. The molecule has 0 aromatic heterocycles. The van der Waals surface area contributed by atoms with Gasteiger partial charge in [-0.05, 0) is 61.7 Å². The van der Waals surface area contributed by atoms with Gasteiger partial charge in [-0.1, -0.05) is 18.2 Å². The van der Waals surface area contributed by atoms with Gasteiger partial charge >= 0.3 is 0 Å². The van der Waals surface area contributed by atoms with Gasteiger partial charge in [0.05, 0.1) is 12.7 Å². The van der Waals surface area contributed by atoms with Gasteiger partial charge in [0.2, 0.25) is 0 Å². The Morgan fingerprint density at radius 3 is 2.38 bits per heavy atom. The van der Waals surface area contributed by atoms with Crippen LogP contribution in [-0.2, 0) is 6.42 Å². The number of hydrogen-bond acceptors (Lipinski definition) is 3. The zero-order valence-electron chi connectivity index (χ0n) is 14.7. The molecule has 0 fully saturated rings. The molecule has 0 aliphatic heterocycles. The molecule has 1 atom stereocenters. The lowest BCUT2D eigenvalue weighted by atomic mass is 9.96. The van der Waals surface area contributed by atoms with Gasteiger partial charge in [-0.2, -0.15) is 0 Å². The average Bonchev–Trinajstić information content (AvgIpc) is 2.55. The fraction of sp³-hybridized carbons (Fsp3) is 0.350. The van der Waals surface area contributed by atoms with Gasteiger partial charge in [-0.25, -0.2) is 0 Å². The maximum absolute atomic E-state index is 12.3. The molecule has 2 aromatic rings. The van der Waals surface area contributed by atoms with E-state index in [1.54, 1.807) is 20.1 Å². The SMILES string of the molecule is COc1ccc(CC(C)(O)CNC(=O)c2ccc(C)c(C)c2)cc1. The summed E-state index contributed by atoms with van der Waals surface area (Å²) in [4.78, 5) is 12.3. The summed E-state index contributed by atoms with van der Waals surface area (Å²) < 4.78 is 5.13. The number of nitrogens with one attached hydrogen (secondary N) is 1. The third-order valence-electron chi connectivity index (χ3n) is 4.14. The van der Waals surface area contributed by atoms with Crippen LogP contribution < -0.4 is 10.1 Å². The third kappa shape index (κ3) is 4.83. The second-order valence-electron chi connectivity index (χ2n) is 6.50. The molecule has 128 valence electrons. The van der Waals surface area contributed by atoms with Crippen LogP contribution in [0.3, 0.4) is 0 Å². The topological polar surface area (TPSA) is 58.6 Å². The minimum atomic E-state index is -1.02. The molecule has 0 heterocycles. The predicted molar refractivity (Wildman–Crippen MR) is 95.6 cm³/mol. The van der Waals surface area contributed by atoms with Crippen molar-refractivity contribution in [1.82, 2.24) is 5.32 Å². The van der Waals surface area contributed by atoms with Crippen LogP contribution in [0.1, 0.15) is 34.0 Å². The van der Waals surface area contributed by atoms with E-state index < -0.39 is 5.60 Å². The molecule has 1 amide bonds. The number of aliphatic hydroxyl groups is 1. The van der Waals surface area contributed by atoms with Crippen LogP contribution in [0.2, 0.25) is 0 Å². The Balaban J connectivity index is 1.95. The number of rotatable bonds is 6. The molecule has 2 aromatic carbocycles. The molecule has 0 radical (unpaired) electrons. The second-order valence-corrected chi connectivity index (χ2v) is 6.50. The molecule has 1 unspecified atom stereocenters. The quantitative estimate of drug-likeness (QED) is 0.857. The zero-order chi connectivity index (χ0) is 17.7. The van der Waals surface area contributed by atoms with Crippen molar-refractivity contribution in [3.63, 3.8) is 0 Å². The van der Waals surface area contributed by atoms with E-state index in [4.69, 9.17) is 4.74 Å². The third-order valence-corrected chi connectivity index (χ3v) is 4.14. The van der Waals surface area contributed by atoms with Crippen molar-refractivity contribution in [2.45, 2.75) is 32.8 Å². The van der Waals surface area contributed by atoms with E-state index in [9.17, 15) is 9.90 Å². The van der Waals surface area contributed by atoms with E-state index in [2.05, 4.69) is 5.32 Å². The van der Waals surface area contributed by atoms with Crippen LogP contribution in [0.15, 0.2) is 42.5 Å². The number of benzene rings is 2. The van der Waals surface area contributed by atoms with Crippen LogP contribution >= 0.6 is 0 Å². The monoisotopic (exact) mass is 327 g/mol. The van der Waals surface area contributed by atoms with Crippen LogP contribution in [0.25, 0.3) is 0 Å². The van der Waals surface area contributed by atoms with Crippen molar-refractivity contribution in [1.29, 1.82) is 0 Å². The van der Waals surface area contributed by atoms with E-state index >= 15 is 0 Å². The summed E-state index contributed by atoms with van der Waals surface area (Å²) in [5, 5.41) is 13.4. The smallest absolute Gasteiger partial charge is 0.251 e. The number of hydrogen-bond donors (Lipinski definition) is 2. The Hall–Kier alpha value is -2.33. The van der Waals surface area contributed by atoms with E-state index in [1.807, 2.05) is 50.2 Å². The molecule has 0 spiro atoms. The van der Waals surface area contributed by atoms with Crippen LogP contribution in [0.5, 0.6) is 5.75 Å². The van der Waals surface area contributed by atoms with Gasteiger partial charge < -0.3 is 15.2 Å². The van der Waals surface area contributed by atoms with Gasteiger partial charge in [0.1, 0.15) is 5.75 Å². The summed E-state index contributed by atoms with van der Waals surface area (Å²) in [6.45, 7) is 5.89. The Bertz CT molecular complexity index is 705. The fourth-order valence-electron chi connectivity index (χ4n) is 2.50. The lowest BCUT2D eigenvalue weighted by Crippen LogP contribution is -2.42. The summed E-state index contributed by atoms with van der Waals surface area (Å²) >= 11 is 0. The average molecular weight is 327 g/mol. The van der Waals surface area contributed by atoms with Crippen molar-refractivity contribution >= 4 is 5.91 Å². The minimum Gasteiger partial charge on any atom is -0.497 e. The number of carbonyl (C=O) groups is 1. The summed E-state index contributed by atoms with van der Waals surface area (Å²) in [7, 11) is 1.62.